The van der Waals surface area contributed by atoms with E-state index in [2.05, 4.69) is 0 Å². The Bertz CT molecular complexity index is 414. The number of anilines is 1. The van der Waals surface area contributed by atoms with E-state index in [1.54, 1.807) is 6.07 Å². The lowest BCUT2D eigenvalue weighted by molar-refractivity contribution is -0.0105. The van der Waals surface area contributed by atoms with Crippen molar-refractivity contribution in [3.8, 4) is 0 Å². The van der Waals surface area contributed by atoms with Gasteiger partial charge in [0.05, 0.1) is 25.0 Å². The van der Waals surface area contributed by atoms with Crippen molar-refractivity contribution in [3.63, 3.8) is 0 Å². The van der Waals surface area contributed by atoms with Gasteiger partial charge >= 0.3 is 0 Å². The molecule has 100 valence electrons. The maximum Gasteiger partial charge on any atom is 0.146 e. The Morgan fingerprint density at radius 3 is 3.00 bits per heavy atom. The molecule has 0 aromatic heterocycles. The Balaban J connectivity index is 2.34. The van der Waals surface area contributed by atoms with Crippen LogP contribution < -0.4 is 10.6 Å². The average Bonchev–Trinajstić information content (AvgIpc) is 2.39. The molecule has 0 bridgehead atoms. The highest BCUT2D eigenvalue weighted by Crippen LogP contribution is 2.28. The van der Waals surface area contributed by atoms with Gasteiger partial charge in [0.2, 0.25) is 0 Å². The highest BCUT2D eigenvalue weighted by atomic mass is 19.1. The smallest absolute Gasteiger partial charge is 0.146 e. The van der Waals surface area contributed by atoms with Gasteiger partial charge in [0.15, 0.2) is 0 Å². The summed E-state index contributed by atoms with van der Waals surface area (Å²) >= 11 is 0. The van der Waals surface area contributed by atoms with Crippen LogP contribution in [0.4, 0.5) is 10.1 Å². The predicted octanol–water partition coefficient (Wildman–Crippen LogP) is 0.870. The Hall–Kier alpha value is -1.17. The van der Waals surface area contributed by atoms with Crippen LogP contribution in [0, 0.1) is 5.82 Å². The molecule has 4 nitrogen and oxygen atoms in total. The molecule has 1 heterocycles. The SMILES string of the molecule is CC1COC(CO)CN1c1c(F)cccc1CN. The van der Waals surface area contributed by atoms with Crippen molar-refractivity contribution in [3.05, 3.63) is 29.6 Å². The van der Waals surface area contributed by atoms with Crippen LogP contribution in [0.25, 0.3) is 0 Å². The van der Waals surface area contributed by atoms with E-state index in [4.69, 9.17) is 15.6 Å². The number of benzene rings is 1. The van der Waals surface area contributed by atoms with Crippen molar-refractivity contribution in [1.82, 2.24) is 0 Å². The molecule has 1 saturated heterocycles. The quantitative estimate of drug-likeness (QED) is 0.840. The normalized spacial score (nSPS) is 24.3. The van der Waals surface area contributed by atoms with Gasteiger partial charge in [0.1, 0.15) is 5.82 Å². The lowest BCUT2D eigenvalue weighted by Crippen LogP contribution is -2.50. The molecular weight excluding hydrogens is 235 g/mol. The van der Waals surface area contributed by atoms with Gasteiger partial charge in [-0.2, -0.15) is 0 Å². The molecule has 2 atom stereocenters. The fourth-order valence-corrected chi connectivity index (χ4v) is 2.29. The Morgan fingerprint density at radius 1 is 1.56 bits per heavy atom. The molecule has 1 aromatic carbocycles. The van der Waals surface area contributed by atoms with Gasteiger partial charge in [-0.1, -0.05) is 12.1 Å². The number of nitrogens with zero attached hydrogens (tertiary/aromatic N) is 1. The van der Waals surface area contributed by atoms with Crippen molar-refractivity contribution in [1.29, 1.82) is 0 Å². The third kappa shape index (κ3) is 2.48. The molecule has 1 aromatic rings. The van der Waals surface area contributed by atoms with E-state index in [-0.39, 0.29) is 24.6 Å². The second kappa shape index (κ2) is 5.65. The minimum Gasteiger partial charge on any atom is -0.394 e. The minimum absolute atomic E-state index is 0.0599. The predicted molar refractivity (Wildman–Crippen MR) is 67.9 cm³/mol. The topological polar surface area (TPSA) is 58.7 Å². The highest BCUT2D eigenvalue weighted by molar-refractivity contribution is 5.56. The monoisotopic (exact) mass is 254 g/mol. The number of ether oxygens (including phenoxy) is 1. The molecule has 0 aliphatic carbocycles. The van der Waals surface area contributed by atoms with Crippen molar-refractivity contribution in [2.24, 2.45) is 5.73 Å². The summed E-state index contributed by atoms with van der Waals surface area (Å²) in [5.74, 6) is -0.275. The fraction of sp³-hybridized carbons (Fsp3) is 0.538. The van der Waals surface area contributed by atoms with Crippen molar-refractivity contribution in [2.75, 3.05) is 24.7 Å². The average molecular weight is 254 g/mol. The number of halogens is 1. The van der Waals surface area contributed by atoms with Crippen LogP contribution in [-0.2, 0) is 11.3 Å². The summed E-state index contributed by atoms with van der Waals surface area (Å²) < 4.78 is 19.5. The fourth-order valence-electron chi connectivity index (χ4n) is 2.29. The van der Waals surface area contributed by atoms with E-state index in [1.165, 1.54) is 6.07 Å². The lowest BCUT2D eigenvalue weighted by atomic mass is 10.1. The van der Waals surface area contributed by atoms with Crippen molar-refractivity contribution in [2.45, 2.75) is 25.6 Å². The molecule has 18 heavy (non-hydrogen) atoms. The van der Waals surface area contributed by atoms with Gasteiger partial charge < -0.3 is 20.5 Å². The van der Waals surface area contributed by atoms with Crippen LogP contribution in [0.15, 0.2) is 18.2 Å². The Labute approximate surface area is 106 Å². The number of nitrogens with two attached hydrogens (primary N) is 1. The van der Waals surface area contributed by atoms with E-state index in [9.17, 15) is 4.39 Å². The van der Waals surface area contributed by atoms with E-state index in [1.807, 2.05) is 17.9 Å². The highest BCUT2D eigenvalue weighted by Gasteiger charge is 2.28. The van der Waals surface area contributed by atoms with E-state index < -0.39 is 0 Å². The molecule has 1 aliphatic rings. The van der Waals surface area contributed by atoms with Crippen LogP contribution in [0.1, 0.15) is 12.5 Å². The van der Waals surface area contributed by atoms with Crippen LogP contribution in [0.3, 0.4) is 0 Å². The molecule has 2 unspecified atom stereocenters. The number of para-hydroxylation sites is 1. The first-order chi connectivity index (χ1) is 8.67. The molecule has 5 heteroatoms. The number of morpholine rings is 1. The summed E-state index contributed by atoms with van der Waals surface area (Å²) in [5.41, 5.74) is 6.98. The number of hydrogen-bond acceptors (Lipinski definition) is 4. The van der Waals surface area contributed by atoms with Crippen LogP contribution in [0.2, 0.25) is 0 Å². The van der Waals surface area contributed by atoms with Crippen molar-refractivity contribution >= 4 is 5.69 Å². The van der Waals surface area contributed by atoms with Gasteiger partial charge in [-0.3, -0.25) is 0 Å². The molecule has 0 spiro atoms. The van der Waals surface area contributed by atoms with Crippen molar-refractivity contribution < 1.29 is 14.2 Å². The number of rotatable bonds is 3. The molecular formula is C13H19FN2O2. The zero-order chi connectivity index (χ0) is 13.1. The summed E-state index contributed by atoms with van der Waals surface area (Å²) in [6.07, 6.45) is -0.272. The molecule has 1 aliphatic heterocycles. The Kier molecular flexibility index (Phi) is 4.16. The summed E-state index contributed by atoms with van der Waals surface area (Å²) in [7, 11) is 0. The first-order valence-electron chi connectivity index (χ1n) is 6.14. The molecule has 0 radical (unpaired) electrons. The van der Waals surface area contributed by atoms with E-state index >= 15 is 0 Å². The van der Waals surface area contributed by atoms with Crippen LogP contribution >= 0.6 is 0 Å². The van der Waals surface area contributed by atoms with Gasteiger partial charge in [-0.15, -0.1) is 0 Å². The summed E-state index contributed by atoms with van der Waals surface area (Å²) in [5, 5.41) is 9.17. The van der Waals surface area contributed by atoms with E-state index in [0.29, 0.717) is 25.4 Å². The maximum atomic E-state index is 14.0. The van der Waals surface area contributed by atoms with Gasteiger partial charge in [0, 0.05) is 19.1 Å². The number of aliphatic hydroxyl groups excluding tert-OH is 1. The minimum atomic E-state index is -0.275. The molecule has 0 amide bonds. The first kappa shape index (κ1) is 13.3. The van der Waals surface area contributed by atoms with Gasteiger partial charge in [-0.05, 0) is 18.6 Å². The number of hydrogen-bond donors (Lipinski definition) is 2. The second-order valence-electron chi connectivity index (χ2n) is 4.59. The first-order valence-corrected chi connectivity index (χ1v) is 6.14. The zero-order valence-corrected chi connectivity index (χ0v) is 10.5. The lowest BCUT2D eigenvalue weighted by Gasteiger charge is -2.40. The molecule has 3 N–H and O–H groups in total. The molecule has 0 saturated carbocycles. The zero-order valence-electron chi connectivity index (χ0n) is 10.5. The maximum absolute atomic E-state index is 14.0. The third-order valence-electron chi connectivity index (χ3n) is 3.29. The summed E-state index contributed by atoms with van der Waals surface area (Å²) in [6, 6.07) is 4.99. The third-order valence-corrected chi connectivity index (χ3v) is 3.29. The van der Waals surface area contributed by atoms with E-state index in [0.717, 1.165) is 5.56 Å². The second-order valence-corrected chi connectivity index (χ2v) is 4.59. The largest absolute Gasteiger partial charge is 0.394 e. The van der Waals surface area contributed by atoms with Crippen LogP contribution in [-0.4, -0.2) is 37.0 Å². The standard InChI is InChI=1S/C13H19FN2O2/c1-9-8-18-11(7-17)6-16(9)13-10(5-15)3-2-4-12(13)14/h2-4,9,11,17H,5-8,15H2,1H3. The summed E-state index contributed by atoms with van der Waals surface area (Å²) in [6.45, 7) is 3.16. The summed E-state index contributed by atoms with van der Waals surface area (Å²) in [4.78, 5) is 1.93. The molecule has 2 rings (SSSR count). The van der Waals surface area contributed by atoms with Gasteiger partial charge in [-0.25, -0.2) is 4.39 Å². The Morgan fingerprint density at radius 2 is 2.33 bits per heavy atom. The number of aliphatic hydroxyl groups is 1. The van der Waals surface area contributed by atoms with Gasteiger partial charge in [0.25, 0.3) is 0 Å². The van der Waals surface area contributed by atoms with Crippen LogP contribution in [0.5, 0.6) is 0 Å². The molecule has 1 fully saturated rings.